The topological polar surface area (TPSA) is 136 Å². The average molecular weight is 314 g/mol. The molecule has 0 saturated carbocycles. The molecule has 0 bridgehead atoms. The molecule has 0 aromatic heterocycles. The second kappa shape index (κ2) is 5.80. The molecule has 2 rings (SSSR count). The van der Waals surface area contributed by atoms with E-state index < -0.39 is 34.1 Å². The Morgan fingerprint density at radius 3 is 2.52 bits per heavy atom. The summed E-state index contributed by atoms with van der Waals surface area (Å²) < 4.78 is 27.5. The SMILES string of the molecule is NS(=O)(=O)c1cccc(NC(=O)C2CCC(C(=O)O)O2)c1. The second-order valence-electron chi connectivity index (χ2n) is 4.59. The van der Waals surface area contributed by atoms with Crippen LogP contribution in [0.3, 0.4) is 0 Å². The van der Waals surface area contributed by atoms with Crippen molar-refractivity contribution in [1.29, 1.82) is 0 Å². The van der Waals surface area contributed by atoms with Gasteiger partial charge in [-0.2, -0.15) is 0 Å². The first-order valence-corrected chi connectivity index (χ1v) is 7.64. The fraction of sp³-hybridized carbons (Fsp3) is 0.333. The van der Waals surface area contributed by atoms with Crippen LogP contribution in [0.4, 0.5) is 5.69 Å². The molecule has 1 heterocycles. The highest BCUT2D eigenvalue weighted by Crippen LogP contribution is 2.22. The van der Waals surface area contributed by atoms with Crippen LogP contribution >= 0.6 is 0 Å². The lowest BCUT2D eigenvalue weighted by Crippen LogP contribution is -2.30. The fourth-order valence-corrected chi connectivity index (χ4v) is 2.54. The average Bonchev–Trinajstić information content (AvgIpc) is 2.88. The number of carbonyl (C=O) groups is 2. The van der Waals surface area contributed by atoms with Crippen LogP contribution in [0.2, 0.25) is 0 Å². The molecule has 9 heteroatoms. The van der Waals surface area contributed by atoms with E-state index >= 15 is 0 Å². The van der Waals surface area contributed by atoms with E-state index in [0.29, 0.717) is 0 Å². The van der Waals surface area contributed by atoms with Crippen molar-refractivity contribution >= 4 is 27.6 Å². The van der Waals surface area contributed by atoms with Gasteiger partial charge in [-0.1, -0.05) is 6.07 Å². The Balaban J connectivity index is 2.06. The molecule has 1 aromatic rings. The Labute approximate surface area is 120 Å². The molecule has 2 atom stereocenters. The summed E-state index contributed by atoms with van der Waals surface area (Å²) in [5.41, 5.74) is 0.244. The van der Waals surface area contributed by atoms with E-state index in [2.05, 4.69) is 5.32 Å². The summed E-state index contributed by atoms with van der Waals surface area (Å²) in [4.78, 5) is 22.6. The van der Waals surface area contributed by atoms with Gasteiger partial charge >= 0.3 is 5.97 Å². The highest BCUT2D eigenvalue weighted by Gasteiger charge is 2.34. The lowest BCUT2D eigenvalue weighted by molar-refractivity contribution is -0.150. The summed E-state index contributed by atoms with van der Waals surface area (Å²) in [6.07, 6.45) is -1.32. The first-order valence-electron chi connectivity index (χ1n) is 6.09. The van der Waals surface area contributed by atoms with Crippen molar-refractivity contribution in [3.8, 4) is 0 Å². The minimum Gasteiger partial charge on any atom is -0.479 e. The maximum atomic E-state index is 11.9. The minimum absolute atomic E-state index is 0.129. The minimum atomic E-state index is -3.86. The number of carbonyl (C=O) groups excluding carboxylic acids is 1. The summed E-state index contributed by atoms with van der Waals surface area (Å²) in [6.45, 7) is 0. The van der Waals surface area contributed by atoms with Gasteiger partial charge in [0.1, 0.15) is 6.10 Å². The Kier molecular flexibility index (Phi) is 4.26. The van der Waals surface area contributed by atoms with Crippen molar-refractivity contribution in [2.75, 3.05) is 5.32 Å². The number of anilines is 1. The van der Waals surface area contributed by atoms with Crippen molar-refractivity contribution in [1.82, 2.24) is 0 Å². The van der Waals surface area contributed by atoms with Crippen LogP contribution in [0.15, 0.2) is 29.2 Å². The van der Waals surface area contributed by atoms with Crippen LogP contribution in [0.1, 0.15) is 12.8 Å². The number of sulfonamides is 1. The Morgan fingerprint density at radius 2 is 1.95 bits per heavy atom. The predicted octanol–water partition coefficient (Wildman–Crippen LogP) is -0.0953. The van der Waals surface area contributed by atoms with Gasteiger partial charge in [0.2, 0.25) is 10.0 Å². The van der Waals surface area contributed by atoms with E-state index in [9.17, 15) is 18.0 Å². The highest BCUT2D eigenvalue weighted by atomic mass is 32.2. The summed E-state index contributed by atoms with van der Waals surface area (Å²) in [5, 5.41) is 16.3. The number of carboxylic acids is 1. The molecule has 114 valence electrons. The van der Waals surface area contributed by atoms with E-state index in [1.54, 1.807) is 0 Å². The van der Waals surface area contributed by atoms with Gasteiger partial charge in [-0.25, -0.2) is 18.4 Å². The van der Waals surface area contributed by atoms with E-state index in [4.69, 9.17) is 15.0 Å². The molecule has 1 aliphatic rings. The van der Waals surface area contributed by atoms with Gasteiger partial charge in [0.25, 0.3) is 5.91 Å². The van der Waals surface area contributed by atoms with Gasteiger partial charge in [-0.05, 0) is 31.0 Å². The number of ether oxygens (including phenoxy) is 1. The van der Waals surface area contributed by atoms with Crippen molar-refractivity contribution < 1.29 is 27.9 Å². The molecule has 1 saturated heterocycles. The number of carboxylic acid groups (broad SMARTS) is 1. The fourth-order valence-electron chi connectivity index (χ4n) is 1.99. The quantitative estimate of drug-likeness (QED) is 0.710. The van der Waals surface area contributed by atoms with Gasteiger partial charge in [0, 0.05) is 5.69 Å². The summed E-state index contributed by atoms with van der Waals surface area (Å²) >= 11 is 0. The van der Waals surface area contributed by atoms with E-state index in [0.717, 1.165) is 0 Å². The molecule has 1 aliphatic heterocycles. The van der Waals surface area contributed by atoms with E-state index in [-0.39, 0.29) is 23.4 Å². The Morgan fingerprint density at radius 1 is 1.29 bits per heavy atom. The Bertz CT molecular complexity index is 672. The number of rotatable bonds is 4. The first kappa shape index (κ1) is 15.4. The smallest absolute Gasteiger partial charge is 0.332 e. The summed E-state index contributed by atoms with van der Waals surface area (Å²) in [7, 11) is -3.86. The Hall–Kier alpha value is -1.97. The molecule has 1 fully saturated rings. The number of hydrogen-bond acceptors (Lipinski definition) is 5. The van der Waals surface area contributed by atoms with Crippen LogP contribution < -0.4 is 10.5 Å². The van der Waals surface area contributed by atoms with Crippen molar-refractivity contribution in [2.24, 2.45) is 5.14 Å². The molecule has 2 unspecified atom stereocenters. The van der Waals surface area contributed by atoms with Crippen molar-refractivity contribution in [3.63, 3.8) is 0 Å². The van der Waals surface area contributed by atoms with E-state index in [1.165, 1.54) is 24.3 Å². The van der Waals surface area contributed by atoms with Gasteiger partial charge in [0.05, 0.1) is 4.90 Å². The predicted molar refractivity (Wildman–Crippen MR) is 72.0 cm³/mol. The third-order valence-electron chi connectivity index (χ3n) is 3.02. The summed E-state index contributed by atoms with van der Waals surface area (Å²) in [6, 6.07) is 5.45. The zero-order valence-electron chi connectivity index (χ0n) is 10.9. The molecule has 4 N–H and O–H groups in total. The number of amides is 1. The number of nitrogens with two attached hydrogens (primary N) is 1. The highest BCUT2D eigenvalue weighted by molar-refractivity contribution is 7.89. The number of benzene rings is 1. The van der Waals surface area contributed by atoms with Gasteiger partial charge in [-0.3, -0.25) is 4.79 Å². The molecule has 0 radical (unpaired) electrons. The number of hydrogen-bond donors (Lipinski definition) is 3. The zero-order valence-corrected chi connectivity index (χ0v) is 11.7. The number of aliphatic carboxylic acids is 1. The molecule has 0 spiro atoms. The van der Waals surface area contributed by atoms with Crippen LogP contribution in [-0.4, -0.2) is 37.6 Å². The summed E-state index contributed by atoms with van der Waals surface area (Å²) in [5.74, 6) is -1.63. The maximum Gasteiger partial charge on any atom is 0.332 e. The van der Waals surface area contributed by atoms with Crippen LogP contribution in [0.5, 0.6) is 0 Å². The molecule has 1 amide bonds. The van der Waals surface area contributed by atoms with Crippen molar-refractivity contribution in [2.45, 2.75) is 29.9 Å². The molecular weight excluding hydrogens is 300 g/mol. The third kappa shape index (κ3) is 3.78. The molecule has 8 nitrogen and oxygen atoms in total. The van der Waals surface area contributed by atoms with Crippen LogP contribution in [0, 0.1) is 0 Å². The number of primary sulfonamides is 1. The van der Waals surface area contributed by atoms with Crippen LogP contribution in [0.25, 0.3) is 0 Å². The lowest BCUT2D eigenvalue weighted by Gasteiger charge is -2.12. The second-order valence-corrected chi connectivity index (χ2v) is 6.15. The van der Waals surface area contributed by atoms with Crippen LogP contribution in [-0.2, 0) is 24.3 Å². The maximum absolute atomic E-state index is 11.9. The van der Waals surface area contributed by atoms with E-state index in [1.807, 2.05) is 0 Å². The van der Waals surface area contributed by atoms with Gasteiger partial charge in [0.15, 0.2) is 6.10 Å². The van der Waals surface area contributed by atoms with Gasteiger partial charge < -0.3 is 15.2 Å². The largest absolute Gasteiger partial charge is 0.479 e. The normalized spacial score (nSPS) is 22.0. The first-order chi connectivity index (χ1) is 9.77. The number of nitrogens with one attached hydrogen (secondary N) is 1. The standard InChI is InChI=1S/C12H14N2O6S/c13-21(18,19)8-3-1-2-7(6-8)14-11(15)9-4-5-10(20-9)12(16)17/h1-3,6,9-10H,4-5H2,(H,14,15)(H,16,17)(H2,13,18,19). The molecular formula is C12H14N2O6S. The monoisotopic (exact) mass is 314 g/mol. The third-order valence-corrected chi connectivity index (χ3v) is 3.93. The molecule has 0 aliphatic carbocycles. The molecule has 21 heavy (non-hydrogen) atoms. The molecule has 1 aromatic carbocycles. The zero-order chi connectivity index (χ0) is 15.6. The van der Waals surface area contributed by atoms with Gasteiger partial charge in [-0.15, -0.1) is 0 Å². The van der Waals surface area contributed by atoms with Crippen molar-refractivity contribution in [3.05, 3.63) is 24.3 Å². The lowest BCUT2D eigenvalue weighted by atomic mass is 10.2.